The van der Waals surface area contributed by atoms with Gasteiger partial charge in [0.1, 0.15) is 0 Å². The highest BCUT2D eigenvalue weighted by Gasteiger charge is 2.41. The van der Waals surface area contributed by atoms with Gasteiger partial charge < -0.3 is 9.47 Å². The number of ether oxygens (including phenoxy) is 2. The lowest BCUT2D eigenvalue weighted by atomic mass is 9.84. The van der Waals surface area contributed by atoms with E-state index in [0.717, 1.165) is 24.3 Å². The molecule has 0 unspecified atom stereocenters. The highest BCUT2D eigenvalue weighted by atomic mass is 19.4. The Morgan fingerprint density at radius 2 is 0.727 bits per heavy atom. The fourth-order valence-electron chi connectivity index (χ4n) is 5.87. The Labute approximate surface area is 241 Å². The molecule has 0 saturated carbocycles. The van der Waals surface area contributed by atoms with Crippen molar-refractivity contribution in [2.75, 3.05) is 0 Å². The smallest absolute Gasteiger partial charge is 0.386 e. The molecule has 0 N–H and O–H groups in total. The maximum atomic E-state index is 14.7. The van der Waals surface area contributed by atoms with E-state index in [2.05, 4.69) is 9.47 Å². The lowest BCUT2D eigenvalue weighted by Gasteiger charge is -2.23. The summed E-state index contributed by atoms with van der Waals surface area (Å²) < 4.78 is 97.6. The van der Waals surface area contributed by atoms with Gasteiger partial charge in [-0.25, -0.2) is 19.2 Å². The first-order valence-corrected chi connectivity index (χ1v) is 12.7. The number of alkyl halides is 6. The molecule has 5 aromatic rings. The van der Waals surface area contributed by atoms with Crippen molar-refractivity contribution in [3.63, 3.8) is 0 Å². The molecule has 7 rings (SSSR count). The molecule has 44 heavy (non-hydrogen) atoms. The summed E-state index contributed by atoms with van der Waals surface area (Å²) in [6, 6.07) is 12.9. The van der Waals surface area contributed by atoms with E-state index >= 15 is 0 Å². The third-order valence-corrected chi connectivity index (χ3v) is 7.68. The van der Waals surface area contributed by atoms with Crippen LogP contribution in [-0.2, 0) is 21.8 Å². The second-order valence-corrected chi connectivity index (χ2v) is 10.1. The number of esters is 4. The lowest BCUT2D eigenvalue weighted by Crippen LogP contribution is -2.20. The van der Waals surface area contributed by atoms with Gasteiger partial charge in [-0.2, -0.15) is 26.3 Å². The molecule has 2 aliphatic heterocycles. The second-order valence-electron chi connectivity index (χ2n) is 10.1. The number of hydrogen-bond donors (Lipinski definition) is 0. The van der Waals surface area contributed by atoms with Crippen molar-refractivity contribution in [3.8, 4) is 22.3 Å². The van der Waals surface area contributed by atoms with Crippen LogP contribution in [0.5, 0.6) is 0 Å². The highest BCUT2D eigenvalue weighted by Crippen LogP contribution is 2.49. The monoisotopic (exact) mass is 606 g/mol. The number of halogens is 6. The molecular weight excluding hydrogens is 594 g/mol. The molecule has 0 amide bonds. The van der Waals surface area contributed by atoms with Crippen LogP contribution in [-0.4, -0.2) is 23.9 Å². The van der Waals surface area contributed by atoms with Crippen LogP contribution in [0.2, 0.25) is 0 Å². The van der Waals surface area contributed by atoms with Crippen molar-refractivity contribution in [2.24, 2.45) is 0 Å². The van der Waals surface area contributed by atoms with Gasteiger partial charge in [-0.15, -0.1) is 0 Å². The van der Waals surface area contributed by atoms with Gasteiger partial charge in [-0.3, -0.25) is 0 Å². The summed E-state index contributed by atoms with van der Waals surface area (Å²) in [5.74, 6) is -4.17. The maximum absolute atomic E-state index is 14.7. The summed E-state index contributed by atoms with van der Waals surface area (Å²) in [5, 5.41) is -0.209. The third kappa shape index (κ3) is 3.90. The predicted octanol–water partition coefficient (Wildman–Crippen LogP) is 7.99. The molecule has 0 radical (unpaired) electrons. The number of hydrogen-bond acceptors (Lipinski definition) is 6. The van der Waals surface area contributed by atoms with Gasteiger partial charge in [0, 0.05) is 10.8 Å². The van der Waals surface area contributed by atoms with Crippen LogP contribution in [0.25, 0.3) is 43.8 Å². The molecule has 0 atom stereocenters. The normalized spacial score (nSPS) is 14.7. The van der Waals surface area contributed by atoms with E-state index < -0.39 is 58.5 Å². The fourth-order valence-corrected chi connectivity index (χ4v) is 5.87. The number of carbonyl (C=O) groups is 4. The standard InChI is InChI=1S/C32H12F6O6/c33-31(34,35)23-12-22(14-8-10-20-26-16(14)4-2-6-18(26)28(40)44-30(20)42)24(32(36,37)38)11-21(23)13-7-9-19-25-15(13)3-1-5-17(25)27(39)43-29(19)41/h1-12H. The quantitative estimate of drug-likeness (QED) is 0.115. The van der Waals surface area contributed by atoms with Crippen LogP contribution in [0.4, 0.5) is 26.3 Å². The molecule has 0 saturated heterocycles. The average Bonchev–Trinajstić information content (AvgIpc) is 2.96. The molecule has 0 aromatic heterocycles. The Bertz CT molecular complexity index is 1980. The Kier molecular flexibility index (Phi) is 5.58. The van der Waals surface area contributed by atoms with Gasteiger partial charge in [0.2, 0.25) is 0 Å². The summed E-state index contributed by atoms with van der Waals surface area (Å²) in [6.45, 7) is 0. The molecule has 12 heteroatoms. The van der Waals surface area contributed by atoms with Gasteiger partial charge in [-0.1, -0.05) is 36.4 Å². The first-order chi connectivity index (χ1) is 20.8. The molecule has 2 aliphatic rings. The molecule has 2 heterocycles. The molecule has 5 aromatic carbocycles. The zero-order valence-electron chi connectivity index (χ0n) is 21.6. The predicted molar refractivity (Wildman–Crippen MR) is 142 cm³/mol. The number of benzene rings is 5. The second kappa shape index (κ2) is 8.99. The Morgan fingerprint density at radius 1 is 0.409 bits per heavy atom. The van der Waals surface area contributed by atoms with Crippen LogP contribution >= 0.6 is 0 Å². The largest absolute Gasteiger partial charge is 0.417 e. The van der Waals surface area contributed by atoms with E-state index in [-0.39, 0.29) is 54.9 Å². The summed E-state index contributed by atoms with van der Waals surface area (Å²) in [7, 11) is 0. The number of cyclic esters (lactones) is 4. The van der Waals surface area contributed by atoms with E-state index in [1.54, 1.807) is 0 Å². The molecule has 0 spiro atoms. The van der Waals surface area contributed by atoms with Crippen molar-refractivity contribution in [3.05, 3.63) is 106 Å². The molecule has 0 aliphatic carbocycles. The zero-order valence-corrected chi connectivity index (χ0v) is 21.6. The summed E-state index contributed by atoms with van der Waals surface area (Å²) >= 11 is 0. The Hall–Kier alpha value is -5.52. The van der Waals surface area contributed by atoms with Crippen LogP contribution in [0.1, 0.15) is 52.6 Å². The fraction of sp³-hybridized carbons (Fsp3) is 0.0625. The summed E-state index contributed by atoms with van der Waals surface area (Å²) in [6.07, 6.45) is -10.3. The van der Waals surface area contributed by atoms with Crippen molar-refractivity contribution >= 4 is 45.4 Å². The first-order valence-electron chi connectivity index (χ1n) is 12.7. The van der Waals surface area contributed by atoms with Crippen molar-refractivity contribution in [1.82, 2.24) is 0 Å². The van der Waals surface area contributed by atoms with Crippen molar-refractivity contribution < 1.29 is 55.0 Å². The number of carbonyl (C=O) groups excluding carboxylic acids is 4. The van der Waals surface area contributed by atoms with Crippen LogP contribution < -0.4 is 0 Å². The zero-order chi connectivity index (χ0) is 31.3. The first kappa shape index (κ1) is 27.3. The minimum absolute atomic E-state index is 0.0443. The van der Waals surface area contributed by atoms with Gasteiger partial charge in [0.15, 0.2) is 0 Å². The topological polar surface area (TPSA) is 86.7 Å². The average molecular weight is 606 g/mol. The van der Waals surface area contributed by atoms with Crippen molar-refractivity contribution in [2.45, 2.75) is 12.4 Å². The molecular formula is C32H12F6O6. The van der Waals surface area contributed by atoms with Crippen LogP contribution in [0.3, 0.4) is 0 Å². The molecule has 218 valence electrons. The third-order valence-electron chi connectivity index (χ3n) is 7.68. The maximum Gasteiger partial charge on any atom is 0.417 e. The lowest BCUT2D eigenvalue weighted by molar-refractivity contribution is -0.140. The van der Waals surface area contributed by atoms with Gasteiger partial charge in [-0.05, 0) is 69.4 Å². The summed E-state index contributed by atoms with van der Waals surface area (Å²) in [4.78, 5) is 49.4. The summed E-state index contributed by atoms with van der Waals surface area (Å²) in [5.41, 5.74) is -5.66. The highest BCUT2D eigenvalue weighted by molar-refractivity contribution is 6.24. The minimum Gasteiger partial charge on any atom is -0.386 e. The van der Waals surface area contributed by atoms with Crippen molar-refractivity contribution in [1.29, 1.82) is 0 Å². The Balaban J connectivity index is 1.58. The van der Waals surface area contributed by atoms with E-state index in [9.17, 15) is 45.5 Å². The number of rotatable bonds is 2. The van der Waals surface area contributed by atoms with E-state index in [1.807, 2.05) is 0 Å². The SMILES string of the molecule is O=C1OC(=O)c2ccc(-c3cc(C(F)(F)F)c(-c4ccc5c6c(cccc46)C(=O)OC5=O)cc3C(F)(F)F)c3cccc1c23. The van der Waals surface area contributed by atoms with Gasteiger partial charge in [0.05, 0.1) is 33.4 Å². The Morgan fingerprint density at radius 3 is 1.07 bits per heavy atom. The van der Waals surface area contributed by atoms with E-state index in [0.29, 0.717) is 12.1 Å². The van der Waals surface area contributed by atoms with Gasteiger partial charge >= 0.3 is 36.2 Å². The van der Waals surface area contributed by atoms with E-state index in [1.165, 1.54) is 36.4 Å². The van der Waals surface area contributed by atoms with Gasteiger partial charge in [0.25, 0.3) is 0 Å². The minimum atomic E-state index is -5.17. The molecule has 0 fully saturated rings. The van der Waals surface area contributed by atoms with E-state index in [4.69, 9.17) is 0 Å². The van der Waals surface area contributed by atoms with Crippen LogP contribution in [0, 0.1) is 0 Å². The molecule has 0 bridgehead atoms. The van der Waals surface area contributed by atoms with Crippen LogP contribution in [0.15, 0.2) is 72.8 Å². The molecule has 6 nitrogen and oxygen atoms in total.